The van der Waals surface area contributed by atoms with Crippen LogP contribution in [0.25, 0.3) is 11.0 Å². The highest BCUT2D eigenvalue weighted by Crippen LogP contribution is 2.28. The maximum Gasteiger partial charge on any atom is 0.302 e. The van der Waals surface area contributed by atoms with Gasteiger partial charge in [-0.25, -0.2) is 4.98 Å². The maximum absolute atomic E-state index is 13.1. The van der Waals surface area contributed by atoms with Gasteiger partial charge in [0, 0.05) is 14.0 Å². The molecule has 2 nitrogen and oxygen atoms in total. The molecule has 2 rings (SSSR count). The number of halogens is 2. The van der Waals surface area contributed by atoms with Crippen LogP contribution in [0.15, 0.2) is 24.3 Å². The van der Waals surface area contributed by atoms with E-state index in [0.29, 0.717) is 5.52 Å². The summed E-state index contributed by atoms with van der Waals surface area (Å²) in [7, 11) is 1.60. The highest BCUT2D eigenvalue weighted by atomic mass is 19.3. The van der Waals surface area contributed by atoms with Gasteiger partial charge in [0.15, 0.2) is 5.82 Å². The fraction of sp³-hybridized carbons (Fsp3) is 0.300. The van der Waals surface area contributed by atoms with Crippen molar-refractivity contribution >= 4 is 11.0 Å². The van der Waals surface area contributed by atoms with E-state index in [4.69, 9.17) is 0 Å². The molecule has 14 heavy (non-hydrogen) atoms. The molecule has 1 aromatic heterocycles. The van der Waals surface area contributed by atoms with Crippen molar-refractivity contribution in [2.45, 2.75) is 12.8 Å². The van der Waals surface area contributed by atoms with Gasteiger partial charge in [0.2, 0.25) is 0 Å². The number of aromatic nitrogens is 2. The minimum Gasteiger partial charge on any atom is -0.326 e. The lowest BCUT2D eigenvalue weighted by molar-refractivity contribution is 0.00549. The number of rotatable bonds is 1. The SMILES string of the molecule is Cn1c(C(C)(F)F)nc2ccccc21. The average Bonchev–Trinajstić information content (AvgIpc) is 2.44. The molecule has 2 aromatic rings. The Morgan fingerprint density at radius 1 is 1.29 bits per heavy atom. The van der Waals surface area contributed by atoms with Crippen LogP contribution in [0.3, 0.4) is 0 Å². The Balaban J connectivity index is 2.75. The number of imidazole rings is 1. The van der Waals surface area contributed by atoms with Gasteiger partial charge >= 0.3 is 5.92 Å². The van der Waals surface area contributed by atoms with Crippen LogP contribution in [0.1, 0.15) is 12.7 Å². The molecule has 0 aliphatic carbocycles. The first-order valence-corrected chi connectivity index (χ1v) is 4.30. The molecule has 0 bridgehead atoms. The molecule has 0 unspecified atom stereocenters. The van der Waals surface area contributed by atoms with E-state index in [2.05, 4.69) is 4.98 Å². The van der Waals surface area contributed by atoms with Crippen molar-refractivity contribution in [2.24, 2.45) is 7.05 Å². The fourth-order valence-electron chi connectivity index (χ4n) is 1.54. The van der Waals surface area contributed by atoms with Crippen LogP contribution < -0.4 is 0 Å². The van der Waals surface area contributed by atoms with Gasteiger partial charge in [0.1, 0.15) is 0 Å². The zero-order chi connectivity index (χ0) is 10.3. The van der Waals surface area contributed by atoms with Crippen LogP contribution in [-0.2, 0) is 13.0 Å². The van der Waals surface area contributed by atoms with Crippen molar-refractivity contribution in [3.63, 3.8) is 0 Å². The Hall–Kier alpha value is -1.45. The number of benzene rings is 1. The largest absolute Gasteiger partial charge is 0.326 e. The van der Waals surface area contributed by atoms with Crippen molar-refractivity contribution in [3.8, 4) is 0 Å². The molecule has 0 amide bonds. The molecule has 0 atom stereocenters. The molecule has 0 saturated carbocycles. The summed E-state index contributed by atoms with van der Waals surface area (Å²) in [6.07, 6.45) is 0. The summed E-state index contributed by atoms with van der Waals surface area (Å²) in [6.45, 7) is 0.855. The Kier molecular flexibility index (Phi) is 1.80. The molecular weight excluding hydrogens is 186 g/mol. The summed E-state index contributed by atoms with van der Waals surface area (Å²) in [5.41, 5.74) is 1.33. The molecule has 74 valence electrons. The number of para-hydroxylation sites is 2. The third kappa shape index (κ3) is 1.27. The van der Waals surface area contributed by atoms with Crippen LogP contribution in [-0.4, -0.2) is 9.55 Å². The van der Waals surface area contributed by atoms with Crippen molar-refractivity contribution in [1.82, 2.24) is 9.55 Å². The molecule has 1 aromatic carbocycles. The van der Waals surface area contributed by atoms with Gasteiger partial charge in [-0.1, -0.05) is 12.1 Å². The minimum absolute atomic E-state index is 0.196. The molecule has 1 heterocycles. The van der Waals surface area contributed by atoms with Crippen molar-refractivity contribution < 1.29 is 8.78 Å². The molecule has 0 fully saturated rings. The van der Waals surface area contributed by atoms with Crippen LogP contribution in [0, 0.1) is 0 Å². The first-order chi connectivity index (χ1) is 6.50. The predicted octanol–water partition coefficient (Wildman–Crippen LogP) is 2.69. The van der Waals surface area contributed by atoms with Crippen molar-refractivity contribution in [1.29, 1.82) is 0 Å². The van der Waals surface area contributed by atoms with E-state index < -0.39 is 5.92 Å². The summed E-state index contributed by atoms with van der Waals surface area (Å²) < 4.78 is 27.6. The van der Waals surface area contributed by atoms with Crippen LogP contribution >= 0.6 is 0 Å². The average molecular weight is 196 g/mol. The molecule has 0 N–H and O–H groups in total. The van der Waals surface area contributed by atoms with Crippen molar-refractivity contribution in [2.75, 3.05) is 0 Å². The fourth-order valence-corrected chi connectivity index (χ4v) is 1.54. The van der Waals surface area contributed by atoms with E-state index >= 15 is 0 Å². The van der Waals surface area contributed by atoms with E-state index in [1.54, 1.807) is 25.2 Å². The quantitative estimate of drug-likeness (QED) is 0.685. The molecule has 0 spiro atoms. The van der Waals surface area contributed by atoms with Crippen LogP contribution in [0.4, 0.5) is 8.78 Å². The zero-order valence-corrected chi connectivity index (χ0v) is 7.96. The number of nitrogens with zero attached hydrogens (tertiary/aromatic N) is 2. The number of aryl methyl sites for hydroxylation is 1. The maximum atomic E-state index is 13.1. The second-order valence-corrected chi connectivity index (χ2v) is 3.37. The highest BCUT2D eigenvalue weighted by Gasteiger charge is 2.30. The summed E-state index contributed by atoms with van der Waals surface area (Å²) >= 11 is 0. The second kappa shape index (κ2) is 2.77. The lowest BCUT2D eigenvalue weighted by Gasteiger charge is -2.09. The van der Waals surface area contributed by atoms with E-state index in [-0.39, 0.29) is 5.82 Å². The van der Waals surface area contributed by atoms with Crippen LogP contribution in [0.2, 0.25) is 0 Å². The Bertz CT molecular complexity index is 468. The lowest BCUT2D eigenvalue weighted by atomic mass is 10.3. The lowest BCUT2D eigenvalue weighted by Crippen LogP contribution is -2.13. The first-order valence-electron chi connectivity index (χ1n) is 4.30. The number of hydrogen-bond acceptors (Lipinski definition) is 1. The normalized spacial score (nSPS) is 12.3. The van der Waals surface area contributed by atoms with Gasteiger partial charge < -0.3 is 4.57 Å². The van der Waals surface area contributed by atoms with Gasteiger partial charge in [-0.15, -0.1) is 0 Å². The Morgan fingerprint density at radius 2 is 1.93 bits per heavy atom. The molecule has 0 aliphatic rings. The van der Waals surface area contributed by atoms with Crippen molar-refractivity contribution in [3.05, 3.63) is 30.1 Å². The molecule has 0 aliphatic heterocycles. The van der Waals surface area contributed by atoms with E-state index in [1.807, 2.05) is 6.07 Å². The highest BCUT2D eigenvalue weighted by molar-refractivity contribution is 5.75. The van der Waals surface area contributed by atoms with Gasteiger partial charge in [-0.05, 0) is 12.1 Å². The van der Waals surface area contributed by atoms with E-state index in [0.717, 1.165) is 12.4 Å². The van der Waals surface area contributed by atoms with E-state index in [9.17, 15) is 8.78 Å². The van der Waals surface area contributed by atoms with Gasteiger partial charge in [-0.3, -0.25) is 0 Å². The standard InChI is InChI=1S/C10H10F2N2/c1-10(11,12)9-13-7-5-3-4-6-8(7)14(9)2/h3-6H,1-2H3. The first kappa shape index (κ1) is 9.12. The smallest absolute Gasteiger partial charge is 0.302 e. The third-order valence-electron chi connectivity index (χ3n) is 2.18. The summed E-state index contributed by atoms with van der Waals surface area (Å²) in [5.74, 6) is -3.09. The van der Waals surface area contributed by atoms with Gasteiger partial charge in [0.05, 0.1) is 11.0 Å². The Labute approximate surface area is 80.2 Å². The molecule has 0 saturated heterocycles. The third-order valence-corrected chi connectivity index (χ3v) is 2.18. The van der Waals surface area contributed by atoms with Crippen LogP contribution in [0.5, 0.6) is 0 Å². The summed E-state index contributed by atoms with van der Waals surface area (Å²) in [4.78, 5) is 3.90. The number of fused-ring (bicyclic) bond motifs is 1. The predicted molar refractivity (Wildman–Crippen MR) is 50.3 cm³/mol. The molecular formula is C10H10F2N2. The second-order valence-electron chi connectivity index (χ2n) is 3.37. The number of alkyl halides is 2. The topological polar surface area (TPSA) is 17.8 Å². The summed E-state index contributed by atoms with van der Waals surface area (Å²) in [6, 6.07) is 7.09. The summed E-state index contributed by atoms with van der Waals surface area (Å²) in [5, 5.41) is 0. The molecule has 4 heteroatoms. The Morgan fingerprint density at radius 3 is 2.50 bits per heavy atom. The number of hydrogen-bond donors (Lipinski definition) is 0. The molecule has 0 radical (unpaired) electrons. The van der Waals surface area contributed by atoms with Gasteiger partial charge in [-0.2, -0.15) is 8.78 Å². The monoisotopic (exact) mass is 196 g/mol. The van der Waals surface area contributed by atoms with E-state index in [1.165, 1.54) is 4.57 Å². The zero-order valence-electron chi connectivity index (χ0n) is 7.96. The minimum atomic E-state index is -2.90. The van der Waals surface area contributed by atoms with Gasteiger partial charge in [0.25, 0.3) is 0 Å².